The van der Waals surface area contributed by atoms with Gasteiger partial charge in [-0.15, -0.1) is 0 Å². The van der Waals surface area contributed by atoms with Crippen LogP contribution in [0.15, 0.2) is 94.6 Å². The van der Waals surface area contributed by atoms with Crippen molar-refractivity contribution in [1.29, 1.82) is 0 Å². The quantitative estimate of drug-likeness (QED) is 0.367. The van der Waals surface area contributed by atoms with Crippen LogP contribution >= 0.6 is 0 Å². The summed E-state index contributed by atoms with van der Waals surface area (Å²) in [6, 6.07) is 22.7. The predicted molar refractivity (Wildman–Crippen MR) is 129 cm³/mol. The molecule has 0 bridgehead atoms. The largest absolute Gasteiger partial charge is 0.503 e. The van der Waals surface area contributed by atoms with Gasteiger partial charge in [-0.3, -0.25) is 14.5 Å². The van der Waals surface area contributed by atoms with Gasteiger partial charge in [0.1, 0.15) is 11.3 Å². The number of para-hydroxylation sites is 1. The van der Waals surface area contributed by atoms with Gasteiger partial charge < -0.3 is 14.3 Å². The number of hydrogen-bond acceptors (Lipinski definition) is 5. The summed E-state index contributed by atoms with van der Waals surface area (Å²) in [5, 5.41) is 11.7. The number of Topliss-reactive ketones (excluding diaryl/α,β-unsaturated/α-hetero) is 1. The van der Waals surface area contributed by atoms with Gasteiger partial charge in [0.2, 0.25) is 5.78 Å². The van der Waals surface area contributed by atoms with Crippen molar-refractivity contribution in [3.8, 4) is 5.75 Å². The second kappa shape index (κ2) is 8.56. The van der Waals surface area contributed by atoms with Gasteiger partial charge in [-0.05, 0) is 43.7 Å². The number of fused-ring (bicyclic) bond motifs is 1. The Bertz CT molecular complexity index is 1410. The highest BCUT2D eigenvalue weighted by molar-refractivity contribution is 6.20. The average Bonchev–Trinajstić information content (AvgIpc) is 3.38. The van der Waals surface area contributed by atoms with E-state index in [2.05, 4.69) is 0 Å². The molecule has 0 saturated heterocycles. The Morgan fingerprint density at radius 3 is 2.59 bits per heavy atom. The van der Waals surface area contributed by atoms with E-state index in [4.69, 9.17) is 9.15 Å². The van der Waals surface area contributed by atoms with Crippen molar-refractivity contribution in [2.45, 2.75) is 19.9 Å². The lowest BCUT2D eigenvalue weighted by Crippen LogP contribution is -2.31. The first-order valence-electron chi connectivity index (χ1n) is 11.1. The van der Waals surface area contributed by atoms with Gasteiger partial charge in [0.25, 0.3) is 5.91 Å². The van der Waals surface area contributed by atoms with Gasteiger partial charge in [-0.2, -0.15) is 0 Å². The molecular weight excluding hydrogens is 430 g/mol. The molecule has 2 heterocycles. The van der Waals surface area contributed by atoms with Crippen LogP contribution in [0.1, 0.15) is 34.6 Å². The first-order valence-corrected chi connectivity index (χ1v) is 11.1. The molecule has 1 aliphatic rings. The molecule has 0 fully saturated rings. The zero-order chi connectivity index (χ0) is 23.8. The topological polar surface area (TPSA) is 80.0 Å². The van der Waals surface area contributed by atoms with Crippen molar-refractivity contribution < 1.29 is 23.8 Å². The number of carbonyl (C=O) groups is 2. The number of carbonyl (C=O) groups excluding carboxylic acids is 2. The summed E-state index contributed by atoms with van der Waals surface area (Å²) < 4.78 is 11.4. The minimum Gasteiger partial charge on any atom is -0.503 e. The molecule has 1 atom stereocenters. The van der Waals surface area contributed by atoms with Gasteiger partial charge in [-0.1, -0.05) is 54.1 Å². The number of aryl methyl sites for hydroxylation is 1. The first kappa shape index (κ1) is 21.5. The van der Waals surface area contributed by atoms with Crippen molar-refractivity contribution in [1.82, 2.24) is 0 Å². The van der Waals surface area contributed by atoms with Gasteiger partial charge >= 0.3 is 0 Å². The van der Waals surface area contributed by atoms with Crippen molar-refractivity contribution in [2.75, 3.05) is 11.5 Å². The fraction of sp³-hybridized carbons (Fsp3) is 0.143. The molecule has 0 aliphatic carbocycles. The van der Waals surface area contributed by atoms with Crippen LogP contribution < -0.4 is 9.64 Å². The van der Waals surface area contributed by atoms with Crippen molar-refractivity contribution in [3.63, 3.8) is 0 Å². The van der Waals surface area contributed by atoms with Crippen LogP contribution in [0.3, 0.4) is 0 Å². The third-order valence-electron chi connectivity index (χ3n) is 5.87. The fourth-order valence-corrected chi connectivity index (χ4v) is 4.38. The number of rotatable bonds is 6. The van der Waals surface area contributed by atoms with Crippen molar-refractivity contribution in [3.05, 3.63) is 107 Å². The number of anilines is 1. The van der Waals surface area contributed by atoms with E-state index in [9.17, 15) is 14.7 Å². The normalized spacial score (nSPS) is 15.9. The summed E-state index contributed by atoms with van der Waals surface area (Å²) in [6.07, 6.45) is 0. The molecule has 0 spiro atoms. The fourth-order valence-electron chi connectivity index (χ4n) is 4.38. The molecule has 6 heteroatoms. The Balaban J connectivity index is 1.65. The highest BCUT2D eigenvalue weighted by Gasteiger charge is 2.45. The second-order valence-electron chi connectivity index (χ2n) is 8.16. The zero-order valence-corrected chi connectivity index (χ0v) is 18.8. The lowest BCUT2D eigenvalue weighted by molar-refractivity contribution is -0.117. The van der Waals surface area contributed by atoms with E-state index >= 15 is 0 Å². The molecule has 1 aromatic heterocycles. The molecule has 1 N–H and O–H groups in total. The minimum atomic E-state index is -0.829. The molecule has 1 aliphatic heterocycles. The van der Waals surface area contributed by atoms with E-state index in [-0.39, 0.29) is 11.3 Å². The van der Waals surface area contributed by atoms with Gasteiger partial charge in [0.05, 0.1) is 18.2 Å². The summed E-state index contributed by atoms with van der Waals surface area (Å²) >= 11 is 0. The molecule has 1 unspecified atom stereocenters. The van der Waals surface area contributed by atoms with Crippen LogP contribution in [-0.2, 0) is 4.79 Å². The van der Waals surface area contributed by atoms with Gasteiger partial charge in [0, 0.05) is 17.1 Å². The number of nitrogens with zero attached hydrogens (tertiary/aromatic N) is 1. The maximum absolute atomic E-state index is 13.7. The molecule has 0 saturated carbocycles. The zero-order valence-electron chi connectivity index (χ0n) is 18.8. The number of aliphatic hydroxyl groups is 1. The Morgan fingerprint density at radius 2 is 1.82 bits per heavy atom. The van der Waals surface area contributed by atoms with Crippen LogP contribution in [0.2, 0.25) is 0 Å². The number of ether oxygens (including phenoxy) is 1. The molecule has 0 radical (unpaired) electrons. The molecule has 34 heavy (non-hydrogen) atoms. The molecule has 1 amide bonds. The number of benzene rings is 3. The smallest absolute Gasteiger partial charge is 0.294 e. The Morgan fingerprint density at radius 1 is 1.03 bits per heavy atom. The summed E-state index contributed by atoms with van der Waals surface area (Å²) in [5.41, 5.74) is 2.73. The van der Waals surface area contributed by atoms with Crippen LogP contribution in [-0.4, -0.2) is 23.4 Å². The maximum Gasteiger partial charge on any atom is 0.294 e. The Hall–Kier alpha value is -4.32. The van der Waals surface area contributed by atoms with E-state index in [0.717, 1.165) is 10.9 Å². The van der Waals surface area contributed by atoms with Crippen molar-refractivity contribution >= 4 is 28.3 Å². The third-order valence-corrected chi connectivity index (χ3v) is 5.87. The standard InChI is InChI=1S/C28H23NO5/c1-3-33-21-12-7-11-20(16-21)29-25(19-10-6-8-17(2)14-19)24(27(31)28(29)32)26(30)23-15-18-9-4-5-13-22(18)34-23/h4-16,25,31H,3H2,1-2H3. The van der Waals surface area contributed by atoms with Crippen LogP contribution in [0.5, 0.6) is 5.75 Å². The van der Waals surface area contributed by atoms with E-state index in [1.807, 2.05) is 56.3 Å². The predicted octanol–water partition coefficient (Wildman–Crippen LogP) is 5.92. The second-order valence-corrected chi connectivity index (χ2v) is 8.16. The highest BCUT2D eigenvalue weighted by Crippen LogP contribution is 2.43. The van der Waals surface area contributed by atoms with Crippen LogP contribution in [0, 0.1) is 6.92 Å². The average molecular weight is 453 g/mol. The number of hydrogen-bond donors (Lipinski definition) is 1. The lowest BCUT2D eigenvalue weighted by atomic mass is 9.94. The van der Waals surface area contributed by atoms with Crippen LogP contribution in [0.4, 0.5) is 5.69 Å². The number of amides is 1. The molecule has 5 rings (SSSR count). The van der Waals surface area contributed by atoms with Crippen molar-refractivity contribution in [2.24, 2.45) is 0 Å². The van der Waals surface area contributed by atoms with E-state index in [1.54, 1.807) is 36.4 Å². The minimum absolute atomic E-state index is 0.0172. The molecule has 3 aromatic carbocycles. The maximum atomic E-state index is 13.7. The van der Waals surface area contributed by atoms with E-state index in [1.165, 1.54) is 4.90 Å². The molecular formula is C28H23NO5. The Kier molecular flexibility index (Phi) is 5.42. The summed E-state index contributed by atoms with van der Waals surface area (Å²) in [5.74, 6) is -1.11. The third kappa shape index (κ3) is 3.63. The highest BCUT2D eigenvalue weighted by atomic mass is 16.5. The molecule has 4 aromatic rings. The lowest BCUT2D eigenvalue weighted by Gasteiger charge is -2.27. The number of furan rings is 1. The summed E-state index contributed by atoms with van der Waals surface area (Å²) in [4.78, 5) is 28.5. The van der Waals surface area contributed by atoms with Gasteiger partial charge in [0.15, 0.2) is 11.5 Å². The van der Waals surface area contributed by atoms with Gasteiger partial charge in [-0.25, -0.2) is 0 Å². The summed E-state index contributed by atoms with van der Waals surface area (Å²) in [7, 11) is 0. The number of ketones is 1. The molecule has 170 valence electrons. The van der Waals surface area contributed by atoms with E-state index in [0.29, 0.717) is 29.2 Å². The molecule has 6 nitrogen and oxygen atoms in total. The monoisotopic (exact) mass is 453 g/mol. The first-order chi connectivity index (χ1) is 16.5. The van der Waals surface area contributed by atoms with Crippen LogP contribution in [0.25, 0.3) is 11.0 Å². The summed E-state index contributed by atoms with van der Waals surface area (Å²) in [6.45, 7) is 4.28. The Labute approximate surface area is 196 Å². The SMILES string of the molecule is CCOc1cccc(N2C(=O)C(O)=C(C(=O)c3cc4ccccc4o3)C2c2cccc(C)c2)c1. The number of aliphatic hydroxyl groups excluding tert-OH is 1. The van der Waals surface area contributed by atoms with E-state index < -0.39 is 23.5 Å².